The van der Waals surface area contributed by atoms with E-state index >= 15 is 0 Å². The summed E-state index contributed by atoms with van der Waals surface area (Å²) in [7, 11) is 0. The lowest BCUT2D eigenvalue weighted by Crippen LogP contribution is -2.52. The molecule has 0 spiro atoms. The summed E-state index contributed by atoms with van der Waals surface area (Å²) in [5.41, 5.74) is 0.904. The molecule has 0 aliphatic carbocycles. The molecule has 3 atom stereocenters. The molecule has 3 aliphatic rings. The first kappa shape index (κ1) is 27.3. The average molecular weight is 544 g/mol. The Bertz CT molecular complexity index is 1290. The zero-order valence-electron chi connectivity index (χ0n) is 21.9. The van der Waals surface area contributed by atoms with Crippen molar-refractivity contribution in [3.05, 3.63) is 70.3 Å². The minimum absolute atomic E-state index is 0.111. The van der Waals surface area contributed by atoms with Crippen LogP contribution in [0.15, 0.2) is 42.5 Å². The van der Waals surface area contributed by atoms with E-state index in [1.54, 1.807) is 12.1 Å². The van der Waals surface area contributed by atoms with Crippen molar-refractivity contribution in [3.63, 3.8) is 0 Å². The van der Waals surface area contributed by atoms with E-state index in [1.165, 1.54) is 17.0 Å². The predicted molar refractivity (Wildman–Crippen MR) is 136 cm³/mol. The van der Waals surface area contributed by atoms with Crippen LogP contribution in [0.5, 0.6) is 0 Å². The Hall–Kier alpha value is -3.24. The lowest BCUT2D eigenvalue weighted by molar-refractivity contribution is -0.138. The molecule has 3 heterocycles. The van der Waals surface area contributed by atoms with Crippen molar-refractivity contribution < 1.29 is 32.7 Å². The number of hydrogen-bond acceptors (Lipinski definition) is 5. The Labute approximate surface area is 225 Å². The predicted octanol–water partition coefficient (Wildman–Crippen LogP) is 3.83. The minimum atomic E-state index is -4.37. The topological polar surface area (TPSA) is 89.9 Å². The third-order valence-corrected chi connectivity index (χ3v) is 8.39. The number of fused-ring (bicyclic) bond motifs is 1. The van der Waals surface area contributed by atoms with Gasteiger partial charge in [-0.15, -0.1) is 0 Å². The van der Waals surface area contributed by atoms with Crippen molar-refractivity contribution in [3.8, 4) is 0 Å². The summed E-state index contributed by atoms with van der Waals surface area (Å²) in [6, 6.07) is 9.85. The SMILES string of the molecule is CC(C)C1CN(Cc2ccc(C(F)(F)F)cc2)CCC1(O)c1ccc2c(c1)CN(C1CCC(=O)NC1=O)C2=O. The summed E-state index contributed by atoms with van der Waals surface area (Å²) in [4.78, 5) is 40.6. The molecule has 39 heavy (non-hydrogen) atoms. The van der Waals surface area contributed by atoms with E-state index in [-0.39, 0.29) is 43.0 Å². The van der Waals surface area contributed by atoms with E-state index in [0.29, 0.717) is 37.2 Å². The summed E-state index contributed by atoms with van der Waals surface area (Å²) in [5, 5.41) is 14.3. The van der Waals surface area contributed by atoms with Gasteiger partial charge in [0, 0.05) is 44.1 Å². The third kappa shape index (κ3) is 5.19. The number of imide groups is 1. The molecule has 0 radical (unpaired) electrons. The van der Waals surface area contributed by atoms with E-state index in [2.05, 4.69) is 10.2 Å². The molecular weight excluding hydrogens is 511 g/mol. The molecule has 7 nitrogen and oxygen atoms in total. The van der Waals surface area contributed by atoms with Crippen LogP contribution >= 0.6 is 0 Å². The summed E-state index contributed by atoms with van der Waals surface area (Å²) in [6.45, 7) is 5.91. The Morgan fingerprint density at radius 3 is 2.46 bits per heavy atom. The molecule has 3 amide bonds. The summed E-state index contributed by atoms with van der Waals surface area (Å²) >= 11 is 0. The van der Waals surface area contributed by atoms with Crippen LogP contribution in [-0.4, -0.2) is 51.8 Å². The maximum atomic E-state index is 13.1. The van der Waals surface area contributed by atoms with Crippen LogP contribution in [0.1, 0.15) is 65.7 Å². The van der Waals surface area contributed by atoms with E-state index in [4.69, 9.17) is 0 Å². The summed E-state index contributed by atoms with van der Waals surface area (Å²) in [5.74, 6) is -1.10. The van der Waals surface area contributed by atoms with Gasteiger partial charge < -0.3 is 10.0 Å². The van der Waals surface area contributed by atoms with Gasteiger partial charge in [-0.25, -0.2) is 0 Å². The maximum Gasteiger partial charge on any atom is 0.416 e. The number of nitrogens with one attached hydrogen (secondary N) is 1. The highest BCUT2D eigenvalue weighted by atomic mass is 19.4. The van der Waals surface area contributed by atoms with Crippen LogP contribution < -0.4 is 5.32 Å². The number of halogens is 3. The van der Waals surface area contributed by atoms with Gasteiger partial charge in [0.05, 0.1) is 11.2 Å². The van der Waals surface area contributed by atoms with Crippen molar-refractivity contribution in [2.45, 2.75) is 64.0 Å². The van der Waals surface area contributed by atoms with Gasteiger partial charge in [-0.3, -0.25) is 24.6 Å². The third-order valence-electron chi connectivity index (χ3n) is 8.39. The van der Waals surface area contributed by atoms with Crippen LogP contribution in [0.2, 0.25) is 0 Å². The van der Waals surface area contributed by atoms with Gasteiger partial charge in [0.1, 0.15) is 6.04 Å². The van der Waals surface area contributed by atoms with E-state index in [1.807, 2.05) is 19.9 Å². The molecule has 2 fully saturated rings. The van der Waals surface area contributed by atoms with Crippen LogP contribution in [-0.2, 0) is 34.5 Å². The summed E-state index contributed by atoms with van der Waals surface area (Å²) in [6.07, 6.45) is -3.48. The number of alkyl halides is 3. The van der Waals surface area contributed by atoms with E-state index in [9.17, 15) is 32.7 Å². The molecule has 5 rings (SSSR count). The van der Waals surface area contributed by atoms with Gasteiger partial charge in [0.15, 0.2) is 0 Å². The molecule has 0 bridgehead atoms. The highest BCUT2D eigenvalue weighted by Crippen LogP contribution is 2.43. The van der Waals surface area contributed by atoms with Gasteiger partial charge >= 0.3 is 6.18 Å². The van der Waals surface area contributed by atoms with Gasteiger partial charge in [0.25, 0.3) is 5.91 Å². The molecule has 2 N–H and O–H groups in total. The van der Waals surface area contributed by atoms with Crippen molar-refractivity contribution in [1.82, 2.24) is 15.1 Å². The van der Waals surface area contributed by atoms with Gasteiger partial charge in [-0.1, -0.05) is 38.1 Å². The zero-order chi connectivity index (χ0) is 28.1. The maximum absolute atomic E-state index is 13.1. The van der Waals surface area contributed by atoms with Crippen molar-refractivity contribution in [2.75, 3.05) is 13.1 Å². The van der Waals surface area contributed by atoms with Crippen molar-refractivity contribution in [1.29, 1.82) is 0 Å². The molecule has 10 heteroatoms. The van der Waals surface area contributed by atoms with E-state index in [0.717, 1.165) is 23.3 Å². The van der Waals surface area contributed by atoms with E-state index < -0.39 is 29.3 Å². The minimum Gasteiger partial charge on any atom is -0.385 e. The molecule has 208 valence electrons. The zero-order valence-corrected chi connectivity index (χ0v) is 21.9. The van der Waals surface area contributed by atoms with Crippen LogP contribution in [0, 0.1) is 11.8 Å². The Balaban J connectivity index is 1.32. The molecule has 2 aromatic carbocycles. The molecule has 3 unspecified atom stereocenters. The standard InChI is InChI=1S/C29H32F3N3O4/c1-17(2)23-16-34(14-18-3-5-20(6-4-18)29(30,31)32)12-11-28(23,39)21-7-8-22-19(13-21)15-35(27(22)38)24-9-10-25(36)33-26(24)37/h3-8,13,17,23-24,39H,9-12,14-16H2,1-2H3,(H,33,36,37). The fraction of sp³-hybridized carbons (Fsp3) is 0.483. The van der Waals surface area contributed by atoms with Gasteiger partial charge in [-0.05, 0) is 53.6 Å². The number of aliphatic hydroxyl groups is 1. The molecule has 2 saturated heterocycles. The normalized spacial score (nSPS) is 26.2. The number of carbonyl (C=O) groups excluding carboxylic acids is 3. The molecule has 3 aliphatic heterocycles. The fourth-order valence-electron chi connectivity index (χ4n) is 6.20. The lowest BCUT2D eigenvalue weighted by atomic mass is 9.70. The highest BCUT2D eigenvalue weighted by Gasteiger charge is 2.46. The largest absolute Gasteiger partial charge is 0.416 e. The number of amides is 3. The Morgan fingerprint density at radius 1 is 1.10 bits per heavy atom. The second kappa shape index (κ2) is 10.1. The number of benzene rings is 2. The number of likely N-dealkylation sites (tertiary alicyclic amines) is 1. The van der Waals surface area contributed by atoms with Gasteiger partial charge in [-0.2, -0.15) is 13.2 Å². The molecule has 0 aromatic heterocycles. The monoisotopic (exact) mass is 543 g/mol. The van der Waals surface area contributed by atoms with Gasteiger partial charge in [0.2, 0.25) is 11.8 Å². The average Bonchev–Trinajstić information content (AvgIpc) is 3.20. The Kier molecular flexibility index (Phi) is 7.05. The van der Waals surface area contributed by atoms with Crippen LogP contribution in [0.4, 0.5) is 13.2 Å². The first-order valence-corrected chi connectivity index (χ1v) is 13.3. The lowest BCUT2D eigenvalue weighted by Gasteiger charge is -2.47. The second-order valence-electron chi connectivity index (χ2n) is 11.2. The number of rotatable bonds is 5. The first-order chi connectivity index (χ1) is 18.4. The second-order valence-corrected chi connectivity index (χ2v) is 11.2. The number of hydrogen-bond donors (Lipinski definition) is 2. The van der Waals surface area contributed by atoms with Crippen LogP contribution in [0.25, 0.3) is 0 Å². The molecular formula is C29H32F3N3O4. The number of carbonyl (C=O) groups is 3. The highest BCUT2D eigenvalue weighted by molar-refractivity contribution is 6.05. The molecule has 2 aromatic rings. The van der Waals surface area contributed by atoms with Crippen molar-refractivity contribution in [2.24, 2.45) is 11.8 Å². The summed E-state index contributed by atoms with van der Waals surface area (Å²) < 4.78 is 38.8. The van der Waals surface area contributed by atoms with Crippen LogP contribution in [0.3, 0.4) is 0 Å². The quantitative estimate of drug-likeness (QED) is 0.560. The fourth-order valence-corrected chi connectivity index (χ4v) is 6.20. The first-order valence-electron chi connectivity index (χ1n) is 13.3. The number of nitrogens with zero attached hydrogens (tertiary/aromatic N) is 2. The number of piperidine rings is 2. The smallest absolute Gasteiger partial charge is 0.385 e. The molecule has 0 saturated carbocycles. The Morgan fingerprint density at radius 2 is 1.82 bits per heavy atom. The van der Waals surface area contributed by atoms with Crippen molar-refractivity contribution >= 4 is 17.7 Å².